The average molecular weight is 340 g/mol. The summed E-state index contributed by atoms with van der Waals surface area (Å²) < 4.78 is 5.39. The third-order valence-electron chi connectivity index (χ3n) is 4.27. The summed E-state index contributed by atoms with van der Waals surface area (Å²) in [5, 5.41) is 0. The Morgan fingerprint density at radius 3 is 2.42 bits per heavy atom. The van der Waals surface area contributed by atoms with Crippen molar-refractivity contribution in [3.05, 3.63) is 0 Å². The number of Topliss-reactive ketones (excluding diaryl/α,β-unsaturated/α-hetero) is 1. The number of nitrogens with zero attached hydrogens (tertiary/aromatic N) is 2. The van der Waals surface area contributed by atoms with Crippen molar-refractivity contribution < 1.29 is 19.1 Å². The van der Waals surface area contributed by atoms with Crippen LogP contribution in [0.1, 0.15) is 54.4 Å². The fourth-order valence-corrected chi connectivity index (χ4v) is 3.24. The van der Waals surface area contributed by atoms with Crippen LogP contribution in [0.25, 0.3) is 0 Å². The average Bonchev–Trinajstić information content (AvgIpc) is 2.89. The molecule has 6 nitrogen and oxygen atoms in total. The van der Waals surface area contributed by atoms with Gasteiger partial charge in [0, 0.05) is 19.6 Å². The van der Waals surface area contributed by atoms with Gasteiger partial charge >= 0.3 is 6.09 Å². The molecule has 0 saturated carbocycles. The Labute approximate surface area is 145 Å². The molecule has 0 aliphatic carbocycles. The third kappa shape index (κ3) is 6.13. The number of ether oxygens (including phenoxy) is 1. The minimum atomic E-state index is -0.491. The highest BCUT2D eigenvalue weighted by Crippen LogP contribution is 2.23. The Morgan fingerprint density at radius 2 is 1.96 bits per heavy atom. The van der Waals surface area contributed by atoms with Gasteiger partial charge in [-0.15, -0.1) is 0 Å². The van der Waals surface area contributed by atoms with Gasteiger partial charge in [-0.05, 0) is 52.4 Å². The molecule has 0 aromatic heterocycles. The van der Waals surface area contributed by atoms with Gasteiger partial charge in [0.1, 0.15) is 5.60 Å². The smallest absolute Gasteiger partial charge is 0.410 e. The fraction of sp³-hybridized carbons (Fsp3) is 0.833. The molecule has 1 rings (SSSR count). The molecule has 2 amide bonds. The van der Waals surface area contributed by atoms with Crippen molar-refractivity contribution in [2.75, 3.05) is 19.6 Å². The summed E-state index contributed by atoms with van der Waals surface area (Å²) in [6.07, 6.45) is 2.18. The number of rotatable bonds is 7. The van der Waals surface area contributed by atoms with E-state index >= 15 is 0 Å². The number of hydrogen-bond acceptors (Lipinski definition) is 4. The Hall–Kier alpha value is -1.59. The number of carbonyl (C=O) groups excluding carboxylic acids is 3. The summed E-state index contributed by atoms with van der Waals surface area (Å²) in [6, 6.07) is -0.370. The second-order valence-corrected chi connectivity index (χ2v) is 8.01. The molecular weight excluding hydrogens is 308 g/mol. The maximum atomic E-state index is 12.1. The van der Waals surface area contributed by atoms with Crippen LogP contribution in [0.15, 0.2) is 0 Å². The van der Waals surface area contributed by atoms with Gasteiger partial charge in [0.05, 0.1) is 6.04 Å². The molecule has 0 N–H and O–H groups in total. The number of amides is 2. The molecule has 0 spiro atoms. The first kappa shape index (κ1) is 20.5. The van der Waals surface area contributed by atoms with Crippen molar-refractivity contribution in [1.29, 1.82) is 0 Å². The van der Waals surface area contributed by atoms with Gasteiger partial charge in [-0.3, -0.25) is 9.59 Å². The van der Waals surface area contributed by atoms with Gasteiger partial charge in [-0.25, -0.2) is 4.79 Å². The second kappa shape index (κ2) is 8.49. The molecule has 1 aliphatic rings. The quantitative estimate of drug-likeness (QED) is 0.668. The summed E-state index contributed by atoms with van der Waals surface area (Å²) in [5.74, 6) is 0.438. The highest BCUT2D eigenvalue weighted by molar-refractivity contribution is 5.83. The minimum absolute atomic E-state index is 0.0129. The van der Waals surface area contributed by atoms with Crippen LogP contribution in [0.3, 0.4) is 0 Å². The molecule has 2 atom stereocenters. The largest absolute Gasteiger partial charge is 0.444 e. The van der Waals surface area contributed by atoms with Gasteiger partial charge in [-0.2, -0.15) is 0 Å². The molecule has 138 valence electrons. The standard InChI is InChI=1S/C18H32N2O4/c1-13(2)16(14(3)22)20(12-21)10-8-15-7-9-19(11-15)17(23)24-18(4,5)6/h12-13,15-16H,7-11H2,1-6H3/t15-,16+/m1/s1. The highest BCUT2D eigenvalue weighted by atomic mass is 16.6. The van der Waals surface area contributed by atoms with E-state index in [9.17, 15) is 14.4 Å². The number of carbonyl (C=O) groups is 3. The van der Waals surface area contributed by atoms with Crippen LogP contribution in [-0.4, -0.2) is 59.4 Å². The lowest BCUT2D eigenvalue weighted by Gasteiger charge is -2.30. The van der Waals surface area contributed by atoms with Crippen molar-refractivity contribution >= 4 is 18.3 Å². The number of hydrogen-bond donors (Lipinski definition) is 0. The van der Waals surface area contributed by atoms with E-state index in [1.807, 2.05) is 34.6 Å². The van der Waals surface area contributed by atoms with Crippen LogP contribution in [0.5, 0.6) is 0 Å². The molecule has 6 heteroatoms. The van der Waals surface area contributed by atoms with E-state index in [1.54, 1.807) is 9.80 Å². The molecule has 0 unspecified atom stereocenters. The first-order valence-electron chi connectivity index (χ1n) is 8.74. The predicted octanol–water partition coefficient (Wildman–Crippen LogP) is 2.71. The van der Waals surface area contributed by atoms with Crippen LogP contribution >= 0.6 is 0 Å². The van der Waals surface area contributed by atoms with Crippen molar-refractivity contribution in [3.8, 4) is 0 Å². The van der Waals surface area contributed by atoms with Crippen molar-refractivity contribution in [3.63, 3.8) is 0 Å². The normalized spacial score (nSPS) is 19.3. The van der Waals surface area contributed by atoms with Crippen molar-refractivity contribution in [2.24, 2.45) is 11.8 Å². The molecule has 1 fully saturated rings. The Kier molecular flexibility index (Phi) is 7.24. The fourth-order valence-electron chi connectivity index (χ4n) is 3.24. The molecule has 1 aliphatic heterocycles. The zero-order valence-electron chi connectivity index (χ0n) is 15.9. The summed E-state index contributed by atoms with van der Waals surface area (Å²) in [6.45, 7) is 12.9. The first-order valence-corrected chi connectivity index (χ1v) is 8.74. The summed E-state index contributed by atoms with van der Waals surface area (Å²) in [5.41, 5.74) is -0.491. The lowest BCUT2D eigenvalue weighted by molar-refractivity contribution is -0.132. The maximum Gasteiger partial charge on any atom is 0.410 e. The zero-order chi connectivity index (χ0) is 18.5. The van der Waals surface area contributed by atoms with Gasteiger partial charge in [0.2, 0.25) is 6.41 Å². The van der Waals surface area contributed by atoms with E-state index in [0.29, 0.717) is 25.6 Å². The third-order valence-corrected chi connectivity index (χ3v) is 4.27. The van der Waals surface area contributed by atoms with E-state index in [2.05, 4.69) is 0 Å². The maximum absolute atomic E-state index is 12.1. The van der Waals surface area contributed by atoms with Crippen LogP contribution < -0.4 is 0 Å². The zero-order valence-corrected chi connectivity index (χ0v) is 15.9. The molecule has 0 radical (unpaired) electrons. The second-order valence-electron chi connectivity index (χ2n) is 8.01. The molecule has 1 saturated heterocycles. The lowest BCUT2D eigenvalue weighted by atomic mass is 9.97. The number of likely N-dealkylation sites (tertiary alicyclic amines) is 1. The molecular formula is C18H32N2O4. The Morgan fingerprint density at radius 1 is 1.33 bits per heavy atom. The Bertz CT molecular complexity index is 456. The van der Waals surface area contributed by atoms with E-state index in [1.165, 1.54) is 6.92 Å². The van der Waals surface area contributed by atoms with E-state index < -0.39 is 5.60 Å². The molecule has 0 bridgehead atoms. The van der Waals surface area contributed by atoms with Gasteiger partial charge in [0.15, 0.2) is 5.78 Å². The van der Waals surface area contributed by atoms with Crippen LogP contribution in [0.4, 0.5) is 4.79 Å². The minimum Gasteiger partial charge on any atom is -0.444 e. The summed E-state index contributed by atoms with van der Waals surface area (Å²) in [4.78, 5) is 38.6. The lowest BCUT2D eigenvalue weighted by Crippen LogP contribution is -2.44. The van der Waals surface area contributed by atoms with E-state index in [-0.39, 0.29) is 23.8 Å². The van der Waals surface area contributed by atoms with E-state index in [4.69, 9.17) is 4.74 Å². The van der Waals surface area contributed by atoms with Gasteiger partial charge in [-0.1, -0.05) is 13.8 Å². The molecule has 0 aromatic carbocycles. The van der Waals surface area contributed by atoms with Crippen LogP contribution in [-0.2, 0) is 14.3 Å². The molecule has 0 aromatic rings. The molecule has 24 heavy (non-hydrogen) atoms. The summed E-state index contributed by atoms with van der Waals surface area (Å²) >= 11 is 0. The highest BCUT2D eigenvalue weighted by Gasteiger charge is 2.31. The number of ketones is 1. The SMILES string of the molecule is CC(=O)[C@H](C(C)C)N(C=O)CC[C@H]1CCN(C(=O)OC(C)(C)C)C1. The topological polar surface area (TPSA) is 66.9 Å². The van der Waals surface area contributed by atoms with Crippen LogP contribution in [0, 0.1) is 11.8 Å². The van der Waals surface area contributed by atoms with Crippen molar-refractivity contribution in [2.45, 2.75) is 66.0 Å². The molecule has 1 heterocycles. The Balaban J connectivity index is 2.52. The predicted molar refractivity (Wildman–Crippen MR) is 92.6 cm³/mol. The van der Waals surface area contributed by atoms with E-state index in [0.717, 1.165) is 19.3 Å². The van der Waals surface area contributed by atoms with Gasteiger partial charge < -0.3 is 14.5 Å². The monoisotopic (exact) mass is 340 g/mol. The van der Waals surface area contributed by atoms with Gasteiger partial charge in [0.25, 0.3) is 0 Å². The summed E-state index contributed by atoms with van der Waals surface area (Å²) in [7, 11) is 0. The van der Waals surface area contributed by atoms with Crippen LogP contribution in [0.2, 0.25) is 0 Å². The van der Waals surface area contributed by atoms with Crippen molar-refractivity contribution in [1.82, 2.24) is 9.80 Å². The first-order chi connectivity index (χ1) is 11.0.